The molecule has 0 saturated carbocycles. The van der Waals surface area contributed by atoms with Gasteiger partial charge in [-0.05, 0) is 29.7 Å². The Kier molecular flexibility index (Phi) is 5.07. The molecule has 0 saturated heterocycles. The third kappa shape index (κ3) is 3.10. The van der Waals surface area contributed by atoms with Gasteiger partial charge in [0.2, 0.25) is 5.75 Å². The van der Waals surface area contributed by atoms with Gasteiger partial charge in [-0.2, -0.15) is 0 Å². The summed E-state index contributed by atoms with van der Waals surface area (Å²) in [5.74, 6) is 1.31. The van der Waals surface area contributed by atoms with E-state index in [0.29, 0.717) is 44.9 Å². The van der Waals surface area contributed by atoms with Gasteiger partial charge in [-0.1, -0.05) is 18.2 Å². The SMILES string of the molecule is COc1cc(C(=O)c2cccc3c(O)c(OC)ccc23)cc(OC)c1OC. The third-order valence-electron chi connectivity index (χ3n) is 4.39. The summed E-state index contributed by atoms with van der Waals surface area (Å²) in [6, 6.07) is 11.7. The van der Waals surface area contributed by atoms with Crippen LogP contribution >= 0.6 is 0 Å². The molecule has 0 aromatic heterocycles. The summed E-state index contributed by atoms with van der Waals surface area (Å²) in [5, 5.41) is 11.5. The molecule has 3 aromatic carbocycles. The Labute approximate surface area is 156 Å². The topological polar surface area (TPSA) is 74.2 Å². The first kappa shape index (κ1) is 18.4. The fraction of sp³-hybridized carbons (Fsp3) is 0.190. The number of aromatic hydroxyl groups is 1. The van der Waals surface area contributed by atoms with Crippen molar-refractivity contribution in [1.29, 1.82) is 0 Å². The first-order chi connectivity index (χ1) is 13.0. The molecular formula is C21H20O6. The van der Waals surface area contributed by atoms with E-state index in [-0.39, 0.29) is 11.5 Å². The molecule has 0 bridgehead atoms. The first-order valence-electron chi connectivity index (χ1n) is 8.19. The van der Waals surface area contributed by atoms with Crippen molar-refractivity contribution in [1.82, 2.24) is 0 Å². The van der Waals surface area contributed by atoms with Gasteiger partial charge in [-0.3, -0.25) is 4.79 Å². The Morgan fingerprint density at radius 1 is 0.778 bits per heavy atom. The minimum atomic E-state index is -0.232. The highest BCUT2D eigenvalue weighted by Crippen LogP contribution is 2.40. The van der Waals surface area contributed by atoms with E-state index in [4.69, 9.17) is 18.9 Å². The lowest BCUT2D eigenvalue weighted by Gasteiger charge is -2.14. The number of fused-ring (bicyclic) bond motifs is 1. The molecule has 140 valence electrons. The number of carbonyl (C=O) groups is 1. The predicted octanol–water partition coefficient (Wildman–Crippen LogP) is 3.81. The van der Waals surface area contributed by atoms with E-state index in [1.807, 2.05) is 0 Å². The highest BCUT2D eigenvalue weighted by atomic mass is 16.5. The van der Waals surface area contributed by atoms with E-state index >= 15 is 0 Å². The summed E-state index contributed by atoms with van der Waals surface area (Å²) in [7, 11) is 5.97. The zero-order valence-corrected chi connectivity index (χ0v) is 15.5. The van der Waals surface area contributed by atoms with Crippen LogP contribution in [-0.2, 0) is 0 Å². The highest BCUT2D eigenvalue weighted by molar-refractivity contribution is 6.17. The number of methoxy groups -OCH3 is 4. The van der Waals surface area contributed by atoms with E-state index in [0.717, 1.165) is 0 Å². The molecule has 6 heteroatoms. The van der Waals surface area contributed by atoms with Gasteiger partial charge in [-0.25, -0.2) is 0 Å². The van der Waals surface area contributed by atoms with Crippen LogP contribution in [0, 0.1) is 0 Å². The van der Waals surface area contributed by atoms with Crippen LogP contribution in [-0.4, -0.2) is 39.3 Å². The van der Waals surface area contributed by atoms with E-state index < -0.39 is 0 Å². The summed E-state index contributed by atoms with van der Waals surface area (Å²) in [6.07, 6.45) is 0. The largest absolute Gasteiger partial charge is 0.504 e. The number of phenols is 1. The van der Waals surface area contributed by atoms with Crippen molar-refractivity contribution in [2.24, 2.45) is 0 Å². The lowest BCUT2D eigenvalue weighted by molar-refractivity contribution is 0.103. The first-order valence-corrected chi connectivity index (χ1v) is 8.19. The van der Waals surface area contributed by atoms with Crippen LogP contribution in [0.15, 0.2) is 42.5 Å². The maximum Gasteiger partial charge on any atom is 0.203 e. The van der Waals surface area contributed by atoms with Gasteiger partial charge < -0.3 is 24.1 Å². The molecule has 1 N–H and O–H groups in total. The number of benzene rings is 3. The maximum atomic E-state index is 13.2. The van der Waals surface area contributed by atoms with Crippen molar-refractivity contribution < 1.29 is 28.8 Å². The van der Waals surface area contributed by atoms with E-state index in [1.54, 1.807) is 42.5 Å². The van der Waals surface area contributed by atoms with Crippen LogP contribution < -0.4 is 18.9 Å². The van der Waals surface area contributed by atoms with Crippen LogP contribution in [0.25, 0.3) is 10.8 Å². The van der Waals surface area contributed by atoms with E-state index in [9.17, 15) is 9.90 Å². The van der Waals surface area contributed by atoms with Crippen molar-refractivity contribution in [2.45, 2.75) is 0 Å². The average molecular weight is 368 g/mol. The molecule has 27 heavy (non-hydrogen) atoms. The van der Waals surface area contributed by atoms with Crippen LogP contribution in [0.2, 0.25) is 0 Å². The number of carbonyl (C=O) groups excluding carboxylic acids is 1. The predicted molar refractivity (Wildman–Crippen MR) is 102 cm³/mol. The second-order valence-corrected chi connectivity index (χ2v) is 5.76. The van der Waals surface area contributed by atoms with Gasteiger partial charge >= 0.3 is 0 Å². The van der Waals surface area contributed by atoms with E-state index in [2.05, 4.69) is 0 Å². The Morgan fingerprint density at radius 2 is 1.41 bits per heavy atom. The lowest BCUT2D eigenvalue weighted by atomic mass is 9.96. The minimum absolute atomic E-state index is 0.00505. The zero-order valence-electron chi connectivity index (χ0n) is 15.5. The van der Waals surface area contributed by atoms with Gasteiger partial charge in [0, 0.05) is 16.5 Å². The Balaban J connectivity index is 2.18. The monoisotopic (exact) mass is 368 g/mol. The van der Waals surface area contributed by atoms with Gasteiger partial charge in [0.1, 0.15) is 0 Å². The molecule has 0 radical (unpaired) electrons. The molecule has 0 spiro atoms. The van der Waals surface area contributed by atoms with Gasteiger partial charge in [-0.15, -0.1) is 0 Å². The average Bonchev–Trinajstić information content (AvgIpc) is 2.72. The second-order valence-electron chi connectivity index (χ2n) is 5.76. The molecule has 0 aliphatic carbocycles. The quantitative estimate of drug-likeness (QED) is 0.667. The van der Waals surface area contributed by atoms with Crippen LogP contribution in [0.4, 0.5) is 0 Å². The molecule has 0 aliphatic rings. The molecule has 0 unspecified atom stereocenters. The summed E-state index contributed by atoms with van der Waals surface area (Å²) >= 11 is 0. The van der Waals surface area contributed by atoms with Crippen LogP contribution in [0.5, 0.6) is 28.7 Å². The molecule has 3 aromatic rings. The number of hydrogen-bond donors (Lipinski definition) is 1. The molecular weight excluding hydrogens is 348 g/mol. The molecule has 3 rings (SSSR count). The Hall–Kier alpha value is -3.41. The minimum Gasteiger partial charge on any atom is -0.504 e. The molecule has 0 fully saturated rings. The number of phenolic OH excluding ortho intramolecular Hbond substituents is 1. The number of hydrogen-bond acceptors (Lipinski definition) is 6. The van der Waals surface area contributed by atoms with Crippen molar-refractivity contribution in [3.63, 3.8) is 0 Å². The van der Waals surface area contributed by atoms with Crippen LogP contribution in [0.3, 0.4) is 0 Å². The lowest BCUT2D eigenvalue weighted by Crippen LogP contribution is -2.05. The van der Waals surface area contributed by atoms with E-state index in [1.165, 1.54) is 28.4 Å². The van der Waals surface area contributed by atoms with Crippen molar-refractivity contribution in [3.05, 3.63) is 53.6 Å². The molecule has 0 heterocycles. The zero-order chi connectivity index (χ0) is 19.6. The van der Waals surface area contributed by atoms with Gasteiger partial charge in [0.15, 0.2) is 28.8 Å². The smallest absolute Gasteiger partial charge is 0.203 e. The number of ether oxygens (including phenoxy) is 4. The standard InChI is InChI=1S/C21H20O6/c1-24-16-9-8-13-14(6-5-7-15(13)20(16)23)19(22)12-10-17(25-2)21(27-4)18(11-12)26-3/h5-11,23H,1-4H3. The molecule has 0 atom stereocenters. The van der Waals surface area contributed by atoms with Crippen molar-refractivity contribution in [2.75, 3.05) is 28.4 Å². The second kappa shape index (κ2) is 7.45. The normalized spacial score (nSPS) is 10.5. The summed E-state index contributed by atoms with van der Waals surface area (Å²) in [5.41, 5.74) is 0.826. The maximum absolute atomic E-state index is 13.2. The Bertz CT molecular complexity index is 984. The highest BCUT2D eigenvalue weighted by Gasteiger charge is 2.20. The van der Waals surface area contributed by atoms with Crippen LogP contribution in [0.1, 0.15) is 15.9 Å². The summed E-state index contributed by atoms with van der Waals surface area (Å²) < 4.78 is 21.1. The van der Waals surface area contributed by atoms with Gasteiger partial charge in [0.25, 0.3) is 0 Å². The summed E-state index contributed by atoms with van der Waals surface area (Å²) in [6.45, 7) is 0. The molecule has 6 nitrogen and oxygen atoms in total. The fourth-order valence-corrected chi connectivity index (χ4v) is 3.05. The van der Waals surface area contributed by atoms with Gasteiger partial charge in [0.05, 0.1) is 28.4 Å². The van der Waals surface area contributed by atoms with Crippen molar-refractivity contribution >= 4 is 16.6 Å². The fourth-order valence-electron chi connectivity index (χ4n) is 3.05. The number of ketones is 1. The Morgan fingerprint density at radius 3 is 1.96 bits per heavy atom. The molecule has 0 amide bonds. The molecule has 0 aliphatic heterocycles. The summed E-state index contributed by atoms with van der Waals surface area (Å²) in [4.78, 5) is 13.2. The number of rotatable bonds is 6. The van der Waals surface area contributed by atoms with Crippen molar-refractivity contribution in [3.8, 4) is 28.7 Å². The third-order valence-corrected chi connectivity index (χ3v) is 4.39.